The molecule has 0 spiro atoms. The number of hydrogen-bond donors (Lipinski definition) is 2. The van der Waals surface area contributed by atoms with E-state index in [0.29, 0.717) is 6.42 Å². The van der Waals surface area contributed by atoms with Crippen LogP contribution in [-0.2, 0) is 4.79 Å². The molecule has 4 nitrogen and oxygen atoms in total. The summed E-state index contributed by atoms with van der Waals surface area (Å²) in [5.74, 6) is -0.672. The molecule has 1 atom stereocenters. The highest BCUT2D eigenvalue weighted by Gasteiger charge is 2.45. The van der Waals surface area contributed by atoms with Gasteiger partial charge in [0.2, 0.25) is 0 Å². The number of aliphatic hydroxyl groups is 1. The van der Waals surface area contributed by atoms with Crippen molar-refractivity contribution >= 4 is 5.97 Å². The van der Waals surface area contributed by atoms with Crippen LogP contribution in [0.25, 0.3) is 0 Å². The van der Waals surface area contributed by atoms with E-state index < -0.39 is 11.5 Å². The molecule has 0 bridgehead atoms. The minimum absolute atomic E-state index is 0.234. The van der Waals surface area contributed by atoms with Gasteiger partial charge in [-0.2, -0.15) is 0 Å². The lowest BCUT2D eigenvalue weighted by Gasteiger charge is -2.33. The Balaban J connectivity index is 2.47. The second-order valence-corrected chi connectivity index (χ2v) is 4.57. The summed E-state index contributed by atoms with van der Waals surface area (Å²) in [4.78, 5) is 13.5. The Morgan fingerprint density at radius 2 is 2.12 bits per heavy atom. The zero-order valence-electron chi connectivity index (χ0n) is 10.1. The van der Waals surface area contributed by atoms with Crippen LogP contribution < -0.4 is 0 Å². The molecule has 1 rings (SSSR count). The summed E-state index contributed by atoms with van der Waals surface area (Å²) in [7, 11) is 0. The van der Waals surface area contributed by atoms with Crippen molar-refractivity contribution in [1.29, 1.82) is 0 Å². The third-order valence-corrected chi connectivity index (χ3v) is 3.69. The second kappa shape index (κ2) is 6.21. The largest absolute Gasteiger partial charge is 0.480 e. The molecular weight excluding hydrogens is 206 g/mol. The molecule has 0 aromatic heterocycles. The molecule has 0 amide bonds. The maximum Gasteiger partial charge on any atom is 0.324 e. The fourth-order valence-electron chi connectivity index (χ4n) is 2.65. The highest BCUT2D eigenvalue weighted by molar-refractivity contribution is 5.79. The molecular formula is C12H23NO3. The zero-order chi connectivity index (χ0) is 12.0. The first-order chi connectivity index (χ1) is 7.67. The Morgan fingerprint density at radius 3 is 2.69 bits per heavy atom. The van der Waals surface area contributed by atoms with Crippen molar-refractivity contribution < 1.29 is 15.0 Å². The quantitative estimate of drug-likeness (QED) is 0.649. The number of unbranched alkanes of at least 4 members (excludes halogenated alkanes) is 2. The number of carbonyl (C=O) groups is 1. The lowest BCUT2D eigenvalue weighted by atomic mass is 9.93. The molecule has 94 valence electrons. The summed E-state index contributed by atoms with van der Waals surface area (Å²) >= 11 is 0. The molecule has 16 heavy (non-hydrogen) atoms. The molecule has 2 N–H and O–H groups in total. The van der Waals surface area contributed by atoms with Gasteiger partial charge in [0, 0.05) is 6.61 Å². The average Bonchev–Trinajstić information content (AvgIpc) is 2.68. The minimum Gasteiger partial charge on any atom is -0.480 e. The highest BCUT2D eigenvalue weighted by Crippen LogP contribution is 2.32. The van der Waals surface area contributed by atoms with Crippen molar-refractivity contribution in [1.82, 2.24) is 4.90 Å². The van der Waals surface area contributed by atoms with E-state index in [1.54, 1.807) is 0 Å². The molecule has 0 aromatic rings. The molecule has 1 saturated heterocycles. The Hall–Kier alpha value is -0.610. The minimum atomic E-state index is -0.672. The van der Waals surface area contributed by atoms with Gasteiger partial charge in [-0.1, -0.05) is 6.92 Å². The second-order valence-electron chi connectivity index (χ2n) is 4.57. The van der Waals surface area contributed by atoms with Crippen molar-refractivity contribution in [3.05, 3.63) is 0 Å². The first-order valence-corrected chi connectivity index (χ1v) is 6.26. The number of carboxylic acid groups (broad SMARTS) is 1. The SMILES string of the molecule is CCC1(C(=O)O)CCCN1CCCCCO. The predicted molar refractivity (Wildman–Crippen MR) is 62.4 cm³/mol. The fraction of sp³-hybridized carbons (Fsp3) is 0.917. The van der Waals surface area contributed by atoms with Crippen molar-refractivity contribution in [2.24, 2.45) is 0 Å². The lowest BCUT2D eigenvalue weighted by molar-refractivity contribution is -0.150. The summed E-state index contributed by atoms with van der Waals surface area (Å²) in [5, 5.41) is 18.0. The number of likely N-dealkylation sites (tertiary alicyclic amines) is 1. The number of hydrogen-bond acceptors (Lipinski definition) is 3. The van der Waals surface area contributed by atoms with Crippen molar-refractivity contribution in [3.63, 3.8) is 0 Å². The van der Waals surface area contributed by atoms with Crippen molar-refractivity contribution in [2.75, 3.05) is 19.7 Å². The van der Waals surface area contributed by atoms with E-state index >= 15 is 0 Å². The van der Waals surface area contributed by atoms with Crippen LogP contribution in [0.2, 0.25) is 0 Å². The van der Waals surface area contributed by atoms with E-state index in [1.165, 1.54) is 0 Å². The fourth-order valence-corrected chi connectivity index (χ4v) is 2.65. The third kappa shape index (κ3) is 2.74. The molecule has 4 heteroatoms. The number of aliphatic carboxylic acids is 1. The Bertz CT molecular complexity index is 232. The van der Waals surface area contributed by atoms with Gasteiger partial charge in [0.15, 0.2) is 0 Å². The highest BCUT2D eigenvalue weighted by atomic mass is 16.4. The molecule has 1 heterocycles. The number of aliphatic hydroxyl groups excluding tert-OH is 1. The van der Waals surface area contributed by atoms with Crippen LogP contribution in [0, 0.1) is 0 Å². The van der Waals surface area contributed by atoms with E-state index in [1.807, 2.05) is 6.92 Å². The van der Waals surface area contributed by atoms with Gasteiger partial charge in [-0.15, -0.1) is 0 Å². The monoisotopic (exact) mass is 229 g/mol. The first-order valence-electron chi connectivity index (χ1n) is 6.26. The molecule has 1 unspecified atom stereocenters. The smallest absolute Gasteiger partial charge is 0.324 e. The molecule has 0 radical (unpaired) electrons. The van der Waals surface area contributed by atoms with E-state index in [2.05, 4.69) is 4.90 Å². The van der Waals surface area contributed by atoms with Gasteiger partial charge < -0.3 is 10.2 Å². The molecule has 0 aliphatic carbocycles. The Morgan fingerprint density at radius 1 is 1.38 bits per heavy atom. The number of carboxylic acids is 1. The van der Waals surface area contributed by atoms with E-state index in [9.17, 15) is 9.90 Å². The summed E-state index contributed by atoms with van der Waals surface area (Å²) in [6, 6.07) is 0. The Labute approximate surface area is 97.3 Å². The van der Waals surface area contributed by atoms with Gasteiger partial charge in [0.05, 0.1) is 0 Å². The van der Waals surface area contributed by atoms with Crippen LogP contribution in [0.4, 0.5) is 0 Å². The summed E-state index contributed by atoms with van der Waals surface area (Å²) in [6.07, 6.45) is 5.23. The number of nitrogens with zero attached hydrogens (tertiary/aromatic N) is 1. The summed E-state index contributed by atoms with van der Waals surface area (Å²) < 4.78 is 0. The molecule has 1 aliphatic rings. The van der Waals surface area contributed by atoms with Crippen molar-refractivity contribution in [3.8, 4) is 0 Å². The van der Waals surface area contributed by atoms with Gasteiger partial charge in [-0.05, 0) is 51.6 Å². The van der Waals surface area contributed by atoms with Crippen LogP contribution in [0.5, 0.6) is 0 Å². The Kier molecular flexibility index (Phi) is 5.22. The van der Waals surface area contributed by atoms with Gasteiger partial charge in [-0.25, -0.2) is 0 Å². The van der Waals surface area contributed by atoms with E-state index in [0.717, 1.165) is 45.2 Å². The molecule has 1 aliphatic heterocycles. The van der Waals surface area contributed by atoms with Crippen molar-refractivity contribution in [2.45, 2.75) is 51.0 Å². The van der Waals surface area contributed by atoms with Gasteiger partial charge in [-0.3, -0.25) is 9.69 Å². The van der Waals surface area contributed by atoms with Crippen LogP contribution in [0.3, 0.4) is 0 Å². The van der Waals surface area contributed by atoms with E-state index in [4.69, 9.17) is 5.11 Å². The topological polar surface area (TPSA) is 60.8 Å². The van der Waals surface area contributed by atoms with Crippen LogP contribution in [0.1, 0.15) is 45.4 Å². The van der Waals surface area contributed by atoms with Crippen LogP contribution in [0.15, 0.2) is 0 Å². The van der Waals surface area contributed by atoms with Crippen LogP contribution >= 0.6 is 0 Å². The molecule has 1 fully saturated rings. The maximum atomic E-state index is 11.4. The molecule has 0 saturated carbocycles. The predicted octanol–water partition coefficient (Wildman–Crippen LogP) is 1.48. The van der Waals surface area contributed by atoms with Gasteiger partial charge >= 0.3 is 5.97 Å². The lowest BCUT2D eigenvalue weighted by Crippen LogP contribution is -2.50. The standard InChI is InChI=1S/C12H23NO3/c1-2-12(11(15)16)7-6-9-13(12)8-4-3-5-10-14/h14H,2-10H2,1H3,(H,15,16). The van der Waals surface area contributed by atoms with Gasteiger partial charge in [0.25, 0.3) is 0 Å². The van der Waals surface area contributed by atoms with E-state index in [-0.39, 0.29) is 6.61 Å². The summed E-state index contributed by atoms with van der Waals surface area (Å²) in [5.41, 5.74) is -0.612. The maximum absolute atomic E-state index is 11.4. The first kappa shape index (κ1) is 13.5. The van der Waals surface area contributed by atoms with Crippen LogP contribution in [-0.4, -0.2) is 46.3 Å². The third-order valence-electron chi connectivity index (χ3n) is 3.69. The van der Waals surface area contributed by atoms with Gasteiger partial charge in [0.1, 0.15) is 5.54 Å². The normalized spacial score (nSPS) is 26.1. The zero-order valence-corrected chi connectivity index (χ0v) is 10.1. The summed E-state index contributed by atoms with van der Waals surface area (Å²) in [6.45, 7) is 3.94. The number of rotatable bonds is 7. The molecule has 0 aromatic carbocycles. The average molecular weight is 229 g/mol.